The van der Waals surface area contributed by atoms with E-state index in [9.17, 15) is 8.42 Å². The zero-order valence-corrected chi connectivity index (χ0v) is 19.3. The Labute approximate surface area is 186 Å². The molecule has 0 bridgehead atoms. The van der Waals surface area contributed by atoms with Crippen molar-refractivity contribution in [3.05, 3.63) is 44.7 Å². The van der Waals surface area contributed by atoms with Crippen molar-refractivity contribution in [2.45, 2.75) is 62.5 Å². The van der Waals surface area contributed by atoms with Gasteiger partial charge in [-0.15, -0.1) is 11.3 Å². The van der Waals surface area contributed by atoms with Gasteiger partial charge in [-0.1, -0.05) is 17.7 Å². The highest BCUT2D eigenvalue weighted by Crippen LogP contribution is 2.48. The highest BCUT2D eigenvalue weighted by molar-refractivity contribution is 7.93. The predicted octanol–water partition coefficient (Wildman–Crippen LogP) is 4.15. The summed E-state index contributed by atoms with van der Waals surface area (Å²) >= 11 is 7.97. The molecular weight excluding hydrogens is 442 g/mol. The van der Waals surface area contributed by atoms with E-state index in [0.717, 1.165) is 61.7 Å². The van der Waals surface area contributed by atoms with Crippen LogP contribution in [0, 0.1) is 0 Å². The average Bonchev–Trinajstić information content (AvgIpc) is 3.49. The first-order chi connectivity index (χ1) is 14.3. The summed E-state index contributed by atoms with van der Waals surface area (Å²) in [6.07, 6.45) is 6.10. The third-order valence-electron chi connectivity index (χ3n) is 6.41. The number of hydrogen-bond acceptors (Lipinski definition) is 6. The molecule has 162 valence electrons. The summed E-state index contributed by atoms with van der Waals surface area (Å²) in [5.41, 5.74) is 2.23. The number of aromatic nitrogens is 1. The van der Waals surface area contributed by atoms with E-state index >= 15 is 0 Å². The molecule has 9 heteroatoms. The molecule has 30 heavy (non-hydrogen) atoms. The van der Waals surface area contributed by atoms with Gasteiger partial charge in [-0.2, -0.15) is 0 Å². The third kappa shape index (κ3) is 4.00. The van der Waals surface area contributed by atoms with Crippen LogP contribution >= 0.6 is 22.9 Å². The van der Waals surface area contributed by atoms with Gasteiger partial charge in [-0.25, -0.2) is 13.4 Å². The minimum atomic E-state index is -3.27. The number of piperidine rings is 1. The second-order valence-corrected chi connectivity index (χ2v) is 12.3. The molecular formula is C21H26ClN3O3S2. The van der Waals surface area contributed by atoms with Gasteiger partial charge in [0.1, 0.15) is 11.4 Å². The quantitative estimate of drug-likeness (QED) is 0.715. The number of halogens is 1. The van der Waals surface area contributed by atoms with Crippen molar-refractivity contribution in [3.63, 3.8) is 0 Å². The molecule has 0 unspecified atom stereocenters. The molecule has 1 saturated heterocycles. The van der Waals surface area contributed by atoms with Crippen molar-refractivity contribution in [1.82, 2.24) is 9.88 Å². The van der Waals surface area contributed by atoms with E-state index < -0.39 is 10.0 Å². The first-order valence-electron chi connectivity index (χ1n) is 10.5. The van der Waals surface area contributed by atoms with E-state index in [1.165, 1.54) is 10.4 Å². The molecule has 6 nitrogen and oxygen atoms in total. The Balaban J connectivity index is 1.24. The summed E-state index contributed by atoms with van der Waals surface area (Å²) in [5, 5.41) is -0.249. The van der Waals surface area contributed by atoms with Crippen LogP contribution in [0.4, 0.5) is 5.82 Å². The fourth-order valence-electron chi connectivity index (χ4n) is 4.63. The molecule has 2 atom stereocenters. The van der Waals surface area contributed by atoms with Crippen LogP contribution in [0.1, 0.15) is 48.6 Å². The molecule has 1 N–H and O–H groups in total. The van der Waals surface area contributed by atoms with Gasteiger partial charge < -0.3 is 4.74 Å². The molecule has 2 fully saturated rings. The van der Waals surface area contributed by atoms with E-state index in [1.54, 1.807) is 23.6 Å². The first-order valence-corrected chi connectivity index (χ1v) is 13.2. The lowest BCUT2D eigenvalue weighted by molar-refractivity contribution is -0.110. The maximum Gasteiger partial charge on any atom is 0.236 e. The zero-order chi connectivity index (χ0) is 20.9. The van der Waals surface area contributed by atoms with Crippen molar-refractivity contribution < 1.29 is 13.2 Å². The fraction of sp³-hybridized carbons (Fsp3) is 0.571. The molecule has 2 aliphatic heterocycles. The number of hydrogen-bond donors (Lipinski definition) is 1. The molecule has 1 spiro atoms. The molecule has 0 aromatic carbocycles. The molecule has 2 aromatic heterocycles. The van der Waals surface area contributed by atoms with Crippen molar-refractivity contribution in [2.75, 3.05) is 17.9 Å². The van der Waals surface area contributed by atoms with E-state index in [1.807, 2.05) is 6.07 Å². The number of thiophene rings is 1. The molecule has 1 saturated carbocycles. The van der Waals surface area contributed by atoms with Crippen LogP contribution < -0.4 is 4.72 Å². The maximum atomic E-state index is 12.1. The minimum absolute atomic E-state index is 0.204. The number of nitrogens with one attached hydrogen (secondary N) is 1. The molecule has 5 rings (SSSR count). The molecule has 3 aliphatic rings. The van der Waals surface area contributed by atoms with E-state index in [-0.39, 0.29) is 10.9 Å². The van der Waals surface area contributed by atoms with Crippen LogP contribution in [0.15, 0.2) is 24.4 Å². The Morgan fingerprint density at radius 2 is 2.23 bits per heavy atom. The van der Waals surface area contributed by atoms with Gasteiger partial charge in [0, 0.05) is 30.2 Å². The lowest BCUT2D eigenvalue weighted by atomic mass is 9.82. The zero-order valence-electron chi connectivity index (χ0n) is 16.9. The van der Waals surface area contributed by atoms with Crippen molar-refractivity contribution >= 4 is 38.8 Å². The molecule has 0 radical (unpaired) electrons. The number of likely N-dealkylation sites (tertiary alicyclic amines) is 1. The lowest BCUT2D eigenvalue weighted by Gasteiger charge is -2.47. The number of fused-ring (bicyclic) bond motifs is 2. The van der Waals surface area contributed by atoms with Gasteiger partial charge in [0.15, 0.2) is 0 Å². The molecule has 0 amide bonds. The monoisotopic (exact) mass is 467 g/mol. The van der Waals surface area contributed by atoms with Crippen LogP contribution in [-0.2, 0) is 33.3 Å². The average molecular weight is 468 g/mol. The fourth-order valence-corrected chi connectivity index (χ4v) is 7.45. The summed E-state index contributed by atoms with van der Waals surface area (Å²) in [7, 11) is -3.27. The van der Waals surface area contributed by atoms with Crippen LogP contribution in [0.25, 0.3) is 0 Å². The summed E-state index contributed by atoms with van der Waals surface area (Å²) in [4.78, 5) is 8.09. The van der Waals surface area contributed by atoms with Gasteiger partial charge in [-0.05, 0) is 62.3 Å². The molecule has 1 aliphatic carbocycles. The van der Waals surface area contributed by atoms with Gasteiger partial charge in [-0.3, -0.25) is 9.62 Å². The Kier molecular flexibility index (Phi) is 5.34. The van der Waals surface area contributed by atoms with Gasteiger partial charge in [0.05, 0.1) is 16.2 Å². The topological polar surface area (TPSA) is 71.5 Å². The second-order valence-electron chi connectivity index (χ2n) is 8.67. The van der Waals surface area contributed by atoms with Crippen LogP contribution in [0.3, 0.4) is 0 Å². The van der Waals surface area contributed by atoms with E-state index in [4.69, 9.17) is 16.3 Å². The predicted molar refractivity (Wildman–Crippen MR) is 120 cm³/mol. The largest absolute Gasteiger partial charge is 0.369 e. The third-order valence-corrected chi connectivity index (χ3v) is 9.75. The lowest BCUT2D eigenvalue weighted by Crippen LogP contribution is -2.49. The number of pyridine rings is 1. The standard InChI is InChI=1S/C21H26ClN3O3S2/c1-14-11-21(20-16(6-9-28-21)10-18(22)29-20)7-8-25(14)13-15-2-5-19(23-12-15)24-30(26,27)17-3-4-17/h2,5,10,12,14,17H,3-4,6-9,11,13H2,1H3,(H,23,24)/t14-,21+/m0/s1. The summed E-state index contributed by atoms with van der Waals surface area (Å²) in [6, 6.07) is 6.19. The highest BCUT2D eigenvalue weighted by atomic mass is 35.5. The van der Waals surface area contributed by atoms with E-state index in [0.29, 0.717) is 11.9 Å². The Hall–Kier alpha value is -1.19. The highest BCUT2D eigenvalue weighted by Gasteiger charge is 2.44. The molecule has 2 aromatic rings. The van der Waals surface area contributed by atoms with Gasteiger partial charge in [0.25, 0.3) is 0 Å². The number of sulfonamides is 1. The summed E-state index contributed by atoms with van der Waals surface area (Å²) in [5.74, 6) is 0.397. The number of rotatable bonds is 5. The number of anilines is 1. The Morgan fingerprint density at radius 1 is 1.40 bits per heavy atom. The van der Waals surface area contributed by atoms with Gasteiger partial charge in [0.2, 0.25) is 10.0 Å². The maximum absolute atomic E-state index is 12.1. The van der Waals surface area contributed by atoms with Crippen molar-refractivity contribution in [1.29, 1.82) is 0 Å². The van der Waals surface area contributed by atoms with Crippen molar-refractivity contribution in [2.24, 2.45) is 0 Å². The van der Waals surface area contributed by atoms with Gasteiger partial charge >= 0.3 is 0 Å². The van der Waals surface area contributed by atoms with Crippen LogP contribution in [0.2, 0.25) is 4.34 Å². The summed E-state index contributed by atoms with van der Waals surface area (Å²) < 4.78 is 33.9. The van der Waals surface area contributed by atoms with E-state index in [2.05, 4.69) is 27.6 Å². The molecule has 4 heterocycles. The number of nitrogens with zero attached hydrogens (tertiary/aromatic N) is 2. The Morgan fingerprint density at radius 3 is 2.93 bits per heavy atom. The van der Waals surface area contributed by atoms with Crippen molar-refractivity contribution in [3.8, 4) is 0 Å². The smallest absolute Gasteiger partial charge is 0.236 e. The first kappa shape index (κ1) is 20.7. The number of ether oxygens (including phenoxy) is 1. The minimum Gasteiger partial charge on any atom is -0.369 e. The summed E-state index contributed by atoms with van der Waals surface area (Å²) in [6.45, 7) is 4.73. The second kappa shape index (κ2) is 7.74. The Bertz CT molecular complexity index is 1040. The normalized spacial score (nSPS) is 27.2. The van der Waals surface area contributed by atoms with Crippen LogP contribution in [-0.4, -0.2) is 42.7 Å². The van der Waals surface area contributed by atoms with Crippen LogP contribution in [0.5, 0.6) is 0 Å². The SMILES string of the molecule is C[C@H]1C[C@@]2(CCN1Cc1ccc(NS(=O)(=O)C3CC3)nc1)OCCc1cc(Cl)sc12.